The number of aliphatic hydroxyl groups is 1. The second kappa shape index (κ2) is 7.06. The molecular formula is C22H19ClN2O2. The van der Waals surface area contributed by atoms with Crippen molar-refractivity contribution in [2.45, 2.75) is 13.0 Å². The second-order valence-corrected chi connectivity index (χ2v) is 6.81. The predicted octanol–water partition coefficient (Wildman–Crippen LogP) is 5.41. The lowest BCUT2D eigenvalue weighted by Crippen LogP contribution is -1.95. The van der Waals surface area contributed by atoms with Crippen LogP contribution in [0.25, 0.3) is 27.8 Å². The molecule has 0 saturated heterocycles. The van der Waals surface area contributed by atoms with Gasteiger partial charge in [0.25, 0.3) is 0 Å². The van der Waals surface area contributed by atoms with E-state index in [0.717, 1.165) is 39.2 Å². The maximum absolute atomic E-state index is 9.79. The number of hydrogen-bond donors (Lipinski definition) is 1. The van der Waals surface area contributed by atoms with Crippen LogP contribution in [0.2, 0.25) is 5.02 Å². The molecular weight excluding hydrogens is 360 g/mol. The fourth-order valence-electron chi connectivity index (χ4n) is 3.23. The van der Waals surface area contributed by atoms with Gasteiger partial charge in [-0.2, -0.15) is 0 Å². The fourth-order valence-corrected chi connectivity index (χ4v) is 3.45. The van der Waals surface area contributed by atoms with Crippen LogP contribution in [0, 0.1) is 0 Å². The molecule has 0 fully saturated rings. The monoisotopic (exact) mass is 378 g/mol. The van der Waals surface area contributed by atoms with Gasteiger partial charge in [-0.05, 0) is 48.9 Å². The predicted molar refractivity (Wildman–Crippen MR) is 109 cm³/mol. The highest BCUT2D eigenvalue weighted by atomic mass is 35.5. The van der Waals surface area contributed by atoms with E-state index >= 15 is 0 Å². The molecule has 1 heterocycles. The summed E-state index contributed by atoms with van der Waals surface area (Å²) in [4.78, 5) is 4.49. The van der Waals surface area contributed by atoms with E-state index in [1.807, 2.05) is 65.2 Å². The van der Waals surface area contributed by atoms with Crippen LogP contribution in [0.5, 0.6) is 5.75 Å². The molecule has 4 rings (SSSR count). The Balaban J connectivity index is 1.85. The highest BCUT2D eigenvalue weighted by Crippen LogP contribution is 2.36. The molecule has 3 aromatic carbocycles. The Hall–Kier alpha value is -2.82. The highest BCUT2D eigenvalue weighted by Gasteiger charge is 2.13. The smallest absolute Gasteiger partial charge is 0.126 e. The van der Waals surface area contributed by atoms with Crippen LogP contribution in [0.15, 0.2) is 67.0 Å². The van der Waals surface area contributed by atoms with Crippen LogP contribution in [0.4, 0.5) is 0 Å². The minimum atomic E-state index is -0.521. The van der Waals surface area contributed by atoms with Crippen LogP contribution >= 0.6 is 11.6 Å². The van der Waals surface area contributed by atoms with Crippen LogP contribution in [-0.2, 0) is 0 Å². The summed E-state index contributed by atoms with van der Waals surface area (Å²) in [5, 5.41) is 10.4. The highest BCUT2D eigenvalue weighted by molar-refractivity contribution is 6.33. The Bertz CT molecular complexity index is 1120. The Morgan fingerprint density at radius 2 is 1.85 bits per heavy atom. The van der Waals surface area contributed by atoms with Gasteiger partial charge in [0.1, 0.15) is 12.1 Å². The van der Waals surface area contributed by atoms with Crippen molar-refractivity contribution < 1.29 is 9.84 Å². The van der Waals surface area contributed by atoms with E-state index in [1.165, 1.54) is 0 Å². The maximum atomic E-state index is 9.79. The molecule has 1 aromatic heterocycles. The largest absolute Gasteiger partial charge is 0.496 e. The first-order valence-corrected chi connectivity index (χ1v) is 9.04. The molecule has 4 nitrogen and oxygen atoms in total. The van der Waals surface area contributed by atoms with Crippen molar-refractivity contribution in [3.63, 3.8) is 0 Å². The number of benzene rings is 3. The number of nitrogens with zero attached hydrogens (tertiary/aromatic N) is 2. The first-order chi connectivity index (χ1) is 13.1. The number of imidazole rings is 1. The van der Waals surface area contributed by atoms with Gasteiger partial charge >= 0.3 is 0 Å². The zero-order valence-corrected chi connectivity index (χ0v) is 15.8. The van der Waals surface area contributed by atoms with Crippen molar-refractivity contribution in [1.29, 1.82) is 0 Å². The van der Waals surface area contributed by atoms with Crippen molar-refractivity contribution in [3.05, 3.63) is 77.6 Å². The number of ether oxygens (including phenoxy) is 1. The van der Waals surface area contributed by atoms with Gasteiger partial charge in [0, 0.05) is 21.8 Å². The second-order valence-electron chi connectivity index (χ2n) is 6.40. The SMILES string of the molecule is COc1ccccc1-c1cc(-n2cnc3cc([C@H](C)O)ccc32)ccc1Cl. The van der Waals surface area contributed by atoms with Gasteiger partial charge < -0.3 is 9.84 Å². The summed E-state index contributed by atoms with van der Waals surface area (Å²) in [5.41, 5.74) is 5.43. The van der Waals surface area contributed by atoms with Gasteiger partial charge in [0.15, 0.2) is 0 Å². The molecule has 136 valence electrons. The van der Waals surface area contributed by atoms with E-state index in [-0.39, 0.29) is 0 Å². The molecule has 27 heavy (non-hydrogen) atoms. The Morgan fingerprint density at radius 1 is 1.04 bits per heavy atom. The Kier molecular flexibility index (Phi) is 4.60. The van der Waals surface area contributed by atoms with E-state index in [4.69, 9.17) is 16.3 Å². The standard InChI is InChI=1S/C22H19ClN2O2/c1-14(26)15-7-10-21-20(11-15)24-13-25(21)16-8-9-19(23)18(12-16)17-5-3-4-6-22(17)27-2/h3-14,26H,1-2H3/t14-/m0/s1. The molecule has 1 N–H and O–H groups in total. The number of hydrogen-bond acceptors (Lipinski definition) is 3. The van der Waals surface area contributed by atoms with Crippen LogP contribution in [0.3, 0.4) is 0 Å². The lowest BCUT2D eigenvalue weighted by Gasteiger charge is -2.13. The summed E-state index contributed by atoms with van der Waals surface area (Å²) in [6, 6.07) is 19.5. The van der Waals surface area contributed by atoms with Crippen LogP contribution in [-0.4, -0.2) is 21.8 Å². The summed E-state index contributed by atoms with van der Waals surface area (Å²) in [7, 11) is 1.65. The van der Waals surface area contributed by atoms with Gasteiger partial charge in [0.2, 0.25) is 0 Å². The molecule has 0 radical (unpaired) electrons. The van der Waals surface area contributed by atoms with E-state index in [0.29, 0.717) is 5.02 Å². The number of halogens is 1. The minimum Gasteiger partial charge on any atom is -0.496 e. The third kappa shape index (κ3) is 3.18. The summed E-state index contributed by atoms with van der Waals surface area (Å²) >= 11 is 6.49. The van der Waals surface area contributed by atoms with E-state index < -0.39 is 6.10 Å². The molecule has 0 aliphatic rings. The molecule has 0 bridgehead atoms. The van der Waals surface area contributed by atoms with Gasteiger partial charge in [0.05, 0.1) is 24.2 Å². The van der Waals surface area contributed by atoms with Gasteiger partial charge in [-0.1, -0.05) is 35.9 Å². The van der Waals surface area contributed by atoms with Crippen molar-refractivity contribution in [2.24, 2.45) is 0 Å². The van der Waals surface area contributed by atoms with E-state index in [1.54, 1.807) is 20.4 Å². The molecule has 5 heteroatoms. The lowest BCUT2D eigenvalue weighted by molar-refractivity contribution is 0.199. The zero-order valence-electron chi connectivity index (χ0n) is 15.1. The van der Waals surface area contributed by atoms with Gasteiger partial charge in [-0.25, -0.2) is 4.98 Å². The minimum absolute atomic E-state index is 0.521. The topological polar surface area (TPSA) is 47.3 Å². The Labute approximate surface area is 162 Å². The first kappa shape index (κ1) is 17.6. The average molecular weight is 379 g/mol. The fraction of sp³-hybridized carbons (Fsp3) is 0.136. The molecule has 1 atom stereocenters. The van der Waals surface area contributed by atoms with Gasteiger partial charge in [-0.3, -0.25) is 4.57 Å². The van der Waals surface area contributed by atoms with Gasteiger partial charge in [-0.15, -0.1) is 0 Å². The van der Waals surface area contributed by atoms with Crippen molar-refractivity contribution in [1.82, 2.24) is 9.55 Å². The average Bonchev–Trinajstić information content (AvgIpc) is 3.11. The van der Waals surface area contributed by atoms with Crippen LogP contribution in [0.1, 0.15) is 18.6 Å². The number of aliphatic hydroxyl groups excluding tert-OH is 1. The zero-order chi connectivity index (χ0) is 19.0. The lowest BCUT2D eigenvalue weighted by atomic mass is 10.0. The van der Waals surface area contributed by atoms with Crippen LogP contribution < -0.4 is 4.74 Å². The quantitative estimate of drug-likeness (QED) is 0.516. The third-order valence-corrected chi connectivity index (χ3v) is 5.01. The molecule has 0 saturated carbocycles. The number of para-hydroxylation sites is 1. The van der Waals surface area contributed by atoms with E-state index in [2.05, 4.69) is 4.98 Å². The molecule has 0 amide bonds. The Morgan fingerprint density at radius 3 is 2.63 bits per heavy atom. The summed E-state index contributed by atoms with van der Waals surface area (Å²) in [5.74, 6) is 0.772. The number of rotatable bonds is 4. The van der Waals surface area contributed by atoms with E-state index in [9.17, 15) is 5.11 Å². The molecule has 0 spiro atoms. The number of aromatic nitrogens is 2. The van der Waals surface area contributed by atoms with Crippen molar-refractivity contribution >= 4 is 22.6 Å². The summed E-state index contributed by atoms with van der Waals surface area (Å²) in [6.45, 7) is 1.75. The summed E-state index contributed by atoms with van der Waals surface area (Å²) < 4.78 is 7.50. The normalized spacial score (nSPS) is 12.3. The molecule has 0 aliphatic heterocycles. The summed E-state index contributed by atoms with van der Waals surface area (Å²) in [6.07, 6.45) is 1.26. The number of fused-ring (bicyclic) bond motifs is 1. The van der Waals surface area contributed by atoms with Crippen molar-refractivity contribution in [2.75, 3.05) is 7.11 Å². The molecule has 0 unspecified atom stereocenters. The number of methoxy groups -OCH3 is 1. The molecule has 0 aliphatic carbocycles. The van der Waals surface area contributed by atoms with Crippen molar-refractivity contribution in [3.8, 4) is 22.6 Å². The maximum Gasteiger partial charge on any atom is 0.126 e. The first-order valence-electron chi connectivity index (χ1n) is 8.67. The molecule has 4 aromatic rings. The third-order valence-electron chi connectivity index (χ3n) is 4.68.